The Kier molecular flexibility index (Phi) is 7.09. The molecule has 0 atom stereocenters. The number of benzene rings is 2. The fourth-order valence-electron chi connectivity index (χ4n) is 3.13. The lowest BCUT2D eigenvalue weighted by Gasteiger charge is -2.18. The van der Waals surface area contributed by atoms with Crippen LogP contribution in [0.2, 0.25) is 0 Å². The minimum atomic E-state index is -0.435. The van der Waals surface area contributed by atoms with E-state index in [9.17, 15) is 14.0 Å². The van der Waals surface area contributed by atoms with E-state index in [2.05, 4.69) is 15.6 Å². The number of aromatic nitrogens is 1. The van der Waals surface area contributed by atoms with Crippen LogP contribution in [0.25, 0.3) is 0 Å². The molecule has 0 aliphatic carbocycles. The Balaban J connectivity index is 1.33. The molecule has 7 nitrogen and oxygen atoms in total. The summed E-state index contributed by atoms with van der Waals surface area (Å²) in [6.45, 7) is 3.05. The zero-order chi connectivity index (χ0) is 23.2. The lowest BCUT2D eigenvalue weighted by Crippen LogP contribution is -2.35. The van der Waals surface area contributed by atoms with Gasteiger partial charge in [-0.25, -0.2) is 9.37 Å². The number of pyridine rings is 1. The Morgan fingerprint density at radius 1 is 1.00 bits per heavy atom. The normalized spacial score (nSPS) is 12.2. The molecule has 170 valence electrons. The number of nitrogens with zero attached hydrogens (tertiary/aromatic N) is 1. The van der Waals surface area contributed by atoms with Crippen molar-refractivity contribution in [1.29, 1.82) is 0 Å². The fraction of sp³-hybridized carbons (Fsp3) is 0.208. The predicted molar refractivity (Wildman–Crippen MR) is 122 cm³/mol. The molecule has 9 heteroatoms. The van der Waals surface area contributed by atoms with Gasteiger partial charge in [-0.3, -0.25) is 9.59 Å². The molecule has 0 saturated carbocycles. The minimum absolute atomic E-state index is 0.199. The van der Waals surface area contributed by atoms with Gasteiger partial charge in [-0.1, -0.05) is 17.8 Å². The third kappa shape index (κ3) is 5.61. The number of carbonyl (C=O) groups is 2. The number of nitrogens with one attached hydrogen (secondary N) is 2. The van der Waals surface area contributed by atoms with Crippen molar-refractivity contribution in [3.63, 3.8) is 0 Å². The lowest BCUT2D eigenvalue weighted by molar-refractivity contribution is 0.0925. The number of rotatable bonds is 7. The molecular weight excluding hydrogens is 445 g/mol. The van der Waals surface area contributed by atoms with Crippen LogP contribution in [0.3, 0.4) is 0 Å². The van der Waals surface area contributed by atoms with Crippen molar-refractivity contribution in [3.8, 4) is 11.5 Å². The van der Waals surface area contributed by atoms with Crippen LogP contribution in [0.4, 0.5) is 4.39 Å². The zero-order valence-electron chi connectivity index (χ0n) is 17.9. The number of hydrogen-bond acceptors (Lipinski definition) is 6. The summed E-state index contributed by atoms with van der Waals surface area (Å²) in [5.41, 5.74) is 1.12. The first-order valence-electron chi connectivity index (χ1n) is 10.4. The van der Waals surface area contributed by atoms with Crippen LogP contribution in [-0.2, 0) is 0 Å². The van der Waals surface area contributed by atoms with Crippen molar-refractivity contribution in [1.82, 2.24) is 15.6 Å². The van der Waals surface area contributed by atoms with Gasteiger partial charge in [0, 0.05) is 29.7 Å². The van der Waals surface area contributed by atoms with E-state index in [1.54, 1.807) is 37.4 Å². The molecule has 33 heavy (non-hydrogen) atoms. The van der Waals surface area contributed by atoms with Gasteiger partial charge in [-0.2, -0.15) is 0 Å². The highest BCUT2D eigenvalue weighted by molar-refractivity contribution is 7.99. The van der Waals surface area contributed by atoms with E-state index >= 15 is 0 Å². The summed E-state index contributed by atoms with van der Waals surface area (Å²) < 4.78 is 24.8. The van der Waals surface area contributed by atoms with Gasteiger partial charge in [-0.05, 0) is 55.0 Å². The van der Waals surface area contributed by atoms with Gasteiger partial charge in [0.25, 0.3) is 11.8 Å². The van der Waals surface area contributed by atoms with Gasteiger partial charge in [0.05, 0.1) is 5.56 Å². The lowest BCUT2D eigenvalue weighted by atomic mass is 10.1. The number of fused-ring (bicyclic) bond motifs is 1. The standard InChI is InChI=1S/C24H22FN3O4S/c1-15-4-5-16(13-19(15)25)22(29)26-9-10-27-23(30)18-3-2-8-28-24(18)33-17-6-7-20-21(14-17)32-12-11-31-20/h2-8,13-14H,9-12H2,1H3,(H,26,29)(H,27,30). The number of ether oxygens (including phenoxy) is 2. The topological polar surface area (TPSA) is 89.6 Å². The third-order valence-electron chi connectivity index (χ3n) is 4.87. The Morgan fingerprint density at radius 2 is 1.76 bits per heavy atom. The summed E-state index contributed by atoms with van der Waals surface area (Å²) in [7, 11) is 0. The van der Waals surface area contributed by atoms with Crippen LogP contribution < -0.4 is 20.1 Å². The highest BCUT2D eigenvalue weighted by Gasteiger charge is 2.16. The van der Waals surface area contributed by atoms with Gasteiger partial charge < -0.3 is 20.1 Å². The Bertz CT molecular complexity index is 1190. The Labute approximate surface area is 194 Å². The zero-order valence-corrected chi connectivity index (χ0v) is 18.7. The van der Waals surface area contributed by atoms with Gasteiger partial charge in [-0.15, -0.1) is 0 Å². The second-order valence-corrected chi connectivity index (χ2v) is 8.30. The maximum atomic E-state index is 13.6. The molecule has 0 fully saturated rings. The SMILES string of the molecule is Cc1ccc(C(=O)NCCNC(=O)c2cccnc2Sc2ccc3c(c2)OCCO3)cc1F. The number of amides is 2. The average molecular weight is 468 g/mol. The highest BCUT2D eigenvalue weighted by atomic mass is 32.2. The molecule has 1 aliphatic rings. The smallest absolute Gasteiger partial charge is 0.254 e. The van der Waals surface area contributed by atoms with Gasteiger partial charge >= 0.3 is 0 Å². The maximum Gasteiger partial charge on any atom is 0.254 e. The first-order chi connectivity index (χ1) is 16.0. The molecule has 2 N–H and O–H groups in total. The van der Waals surface area contributed by atoms with E-state index in [1.165, 1.54) is 17.8 Å². The molecule has 0 bridgehead atoms. The van der Waals surface area contributed by atoms with Crippen molar-refractivity contribution in [3.05, 3.63) is 77.2 Å². The molecule has 2 aromatic carbocycles. The quantitative estimate of drug-likeness (QED) is 0.516. The molecule has 3 aromatic rings. The van der Waals surface area contributed by atoms with Crippen LogP contribution in [0.5, 0.6) is 11.5 Å². The largest absolute Gasteiger partial charge is 0.486 e. The molecule has 0 radical (unpaired) electrons. The van der Waals surface area contributed by atoms with E-state index in [4.69, 9.17) is 9.47 Å². The van der Waals surface area contributed by atoms with Crippen molar-refractivity contribution in [2.75, 3.05) is 26.3 Å². The highest BCUT2D eigenvalue weighted by Crippen LogP contribution is 2.37. The summed E-state index contributed by atoms with van der Waals surface area (Å²) in [6, 6.07) is 13.3. The first kappa shape index (κ1) is 22.6. The van der Waals surface area contributed by atoms with Crippen LogP contribution in [0, 0.1) is 12.7 Å². The maximum absolute atomic E-state index is 13.6. The van der Waals surface area contributed by atoms with Gasteiger partial charge in [0.1, 0.15) is 24.1 Å². The predicted octanol–water partition coefficient (Wildman–Crippen LogP) is 3.61. The van der Waals surface area contributed by atoms with Crippen molar-refractivity contribution in [2.24, 2.45) is 0 Å². The summed E-state index contributed by atoms with van der Waals surface area (Å²) in [4.78, 5) is 30.1. The third-order valence-corrected chi connectivity index (χ3v) is 5.88. The Morgan fingerprint density at radius 3 is 2.55 bits per heavy atom. The molecule has 0 spiro atoms. The fourth-order valence-corrected chi connectivity index (χ4v) is 4.04. The van der Waals surface area contributed by atoms with Gasteiger partial charge in [0.2, 0.25) is 0 Å². The monoisotopic (exact) mass is 467 g/mol. The molecule has 4 rings (SSSR count). The Hall–Kier alpha value is -3.59. The number of carbonyl (C=O) groups excluding carboxylic acids is 2. The average Bonchev–Trinajstić information content (AvgIpc) is 2.83. The summed E-state index contributed by atoms with van der Waals surface area (Å²) in [5.74, 6) is 0.214. The van der Waals surface area contributed by atoms with Crippen LogP contribution in [-0.4, -0.2) is 43.1 Å². The summed E-state index contributed by atoms with van der Waals surface area (Å²) in [6.07, 6.45) is 1.62. The number of aryl methyl sites for hydroxylation is 1. The summed E-state index contributed by atoms with van der Waals surface area (Å²) >= 11 is 1.35. The van der Waals surface area contributed by atoms with Crippen LogP contribution in [0.15, 0.2) is 64.6 Å². The molecule has 2 amide bonds. The second kappa shape index (κ2) is 10.4. The number of halogens is 1. The minimum Gasteiger partial charge on any atom is -0.486 e. The van der Waals surface area contributed by atoms with Crippen molar-refractivity contribution >= 4 is 23.6 Å². The van der Waals surface area contributed by atoms with E-state index in [1.807, 2.05) is 18.2 Å². The summed E-state index contributed by atoms with van der Waals surface area (Å²) in [5, 5.41) is 5.99. The van der Waals surface area contributed by atoms with E-state index < -0.39 is 11.7 Å². The molecule has 0 saturated heterocycles. The van der Waals surface area contributed by atoms with Crippen molar-refractivity contribution in [2.45, 2.75) is 16.8 Å². The molecule has 1 aromatic heterocycles. The number of hydrogen-bond donors (Lipinski definition) is 2. The molecule has 2 heterocycles. The second-order valence-electron chi connectivity index (χ2n) is 7.24. The van der Waals surface area contributed by atoms with Crippen LogP contribution in [0.1, 0.15) is 26.3 Å². The van der Waals surface area contributed by atoms with E-state index in [0.29, 0.717) is 40.9 Å². The van der Waals surface area contributed by atoms with E-state index in [-0.39, 0.29) is 24.6 Å². The first-order valence-corrected chi connectivity index (χ1v) is 11.2. The van der Waals surface area contributed by atoms with Crippen LogP contribution >= 0.6 is 11.8 Å². The van der Waals surface area contributed by atoms with Gasteiger partial charge in [0.15, 0.2) is 11.5 Å². The molecule has 0 unspecified atom stereocenters. The van der Waals surface area contributed by atoms with E-state index in [0.717, 1.165) is 4.90 Å². The molecule has 1 aliphatic heterocycles. The van der Waals surface area contributed by atoms with Crippen molar-refractivity contribution < 1.29 is 23.5 Å². The molecular formula is C24H22FN3O4S.